The second-order valence-corrected chi connectivity index (χ2v) is 5.28. The molecular formula is C15H20N2O4. The average Bonchev–Trinajstić information content (AvgIpc) is 2.94. The first-order chi connectivity index (χ1) is 10.0. The molecule has 1 saturated heterocycles. The van der Waals surface area contributed by atoms with E-state index in [2.05, 4.69) is 10.6 Å². The zero-order chi connectivity index (χ0) is 15.2. The van der Waals surface area contributed by atoms with Crippen LogP contribution in [-0.4, -0.2) is 36.4 Å². The van der Waals surface area contributed by atoms with Gasteiger partial charge in [0, 0.05) is 24.3 Å². The molecule has 0 radical (unpaired) electrons. The number of carbonyl (C=O) groups is 2. The van der Waals surface area contributed by atoms with Crippen molar-refractivity contribution in [1.82, 2.24) is 5.32 Å². The van der Waals surface area contributed by atoms with Crippen LogP contribution in [0, 0.1) is 5.92 Å². The summed E-state index contributed by atoms with van der Waals surface area (Å²) < 4.78 is 5.30. The van der Waals surface area contributed by atoms with Gasteiger partial charge in [-0.1, -0.05) is 12.1 Å². The molecule has 0 aliphatic carbocycles. The predicted molar refractivity (Wildman–Crippen MR) is 78.3 cm³/mol. The van der Waals surface area contributed by atoms with Crippen molar-refractivity contribution in [2.24, 2.45) is 5.92 Å². The Hall–Kier alpha value is -2.08. The number of carboxylic acids is 1. The Morgan fingerprint density at radius 3 is 2.67 bits per heavy atom. The van der Waals surface area contributed by atoms with Crippen LogP contribution in [0.3, 0.4) is 0 Å². The smallest absolute Gasteiger partial charge is 0.319 e. The summed E-state index contributed by atoms with van der Waals surface area (Å²) in [6.45, 7) is 3.41. The highest BCUT2D eigenvalue weighted by Gasteiger charge is 2.23. The largest absolute Gasteiger partial charge is 0.481 e. The molecule has 6 nitrogen and oxygen atoms in total. The lowest BCUT2D eigenvalue weighted by molar-refractivity contribution is -0.136. The molecule has 21 heavy (non-hydrogen) atoms. The number of nitrogens with one attached hydrogen (secondary N) is 2. The molecule has 1 aromatic carbocycles. The number of urea groups is 1. The lowest BCUT2D eigenvalue weighted by atomic mass is 10.0. The van der Waals surface area contributed by atoms with Crippen molar-refractivity contribution in [2.75, 3.05) is 18.5 Å². The number of anilines is 1. The maximum atomic E-state index is 11.9. The molecule has 0 aromatic heterocycles. The molecular weight excluding hydrogens is 272 g/mol. The highest BCUT2D eigenvalue weighted by atomic mass is 16.5. The fourth-order valence-electron chi connectivity index (χ4n) is 2.32. The summed E-state index contributed by atoms with van der Waals surface area (Å²) in [5.41, 5.74) is 1.33. The maximum absolute atomic E-state index is 11.9. The highest BCUT2D eigenvalue weighted by molar-refractivity contribution is 5.89. The van der Waals surface area contributed by atoms with Gasteiger partial charge in [0.15, 0.2) is 0 Å². The van der Waals surface area contributed by atoms with Crippen LogP contribution in [0.25, 0.3) is 0 Å². The third kappa shape index (κ3) is 4.75. The van der Waals surface area contributed by atoms with Gasteiger partial charge in [-0.05, 0) is 31.0 Å². The van der Waals surface area contributed by atoms with Crippen LogP contribution in [0.15, 0.2) is 24.3 Å². The third-order valence-electron chi connectivity index (χ3n) is 3.60. The van der Waals surface area contributed by atoms with E-state index in [1.807, 2.05) is 6.92 Å². The molecule has 1 aliphatic rings. The summed E-state index contributed by atoms with van der Waals surface area (Å²) in [5, 5.41) is 14.3. The number of amides is 2. The van der Waals surface area contributed by atoms with E-state index in [-0.39, 0.29) is 18.5 Å². The molecule has 1 aromatic rings. The SMILES string of the molecule is CC(NC(=O)Nc1ccc(CC(=O)O)cc1)C1CCOC1. The van der Waals surface area contributed by atoms with Crippen LogP contribution in [0.1, 0.15) is 18.9 Å². The van der Waals surface area contributed by atoms with E-state index in [0.29, 0.717) is 23.8 Å². The molecule has 1 aliphatic heterocycles. The molecule has 2 unspecified atom stereocenters. The maximum Gasteiger partial charge on any atom is 0.319 e. The van der Waals surface area contributed by atoms with Crippen molar-refractivity contribution in [2.45, 2.75) is 25.8 Å². The highest BCUT2D eigenvalue weighted by Crippen LogP contribution is 2.16. The Labute approximate surface area is 123 Å². The molecule has 1 heterocycles. The molecule has 0 bridgehead atoms. The van der Waals surface area contributed by atoms with Gasteiger partial charge in [0.05, 0.1) is 13.0 Å². The van der Waals surface area contributed by atoms with Gasteiger partial charge in [0.25, 0.3) is 0 Å². The van der Waals surface area contributed by atoms with Gasteiger partial charge < -0.3 is 20.5 Å². The monoisotopic (exact) mass is 292 g/mol. The van der Waals surface area contributed by atoms with Crippen LogP contribution in [0.4, 0.5) is 10.5 Å². The van der Waals surface area contributed by atoms with Crippen LogP contribution in [0.2, 0.25) is 0 Å². The number of benzene rings is 1. The first-order valence-corrected chi connectivity index (χ1v) is 7.00. The fourth-order valence-corrected chi connectivity index (χ4v) is 2.32. The summed E-state index contributed by atoms with van der Waals surface area (Å²) in [6, 6.07) is 6.57. The van der Waals surface area contributed by atoms with Gasteiger partial charge in [-0.25, -0.2) is 4.79 Å². The van der Waals surface area contributed by atoms with Gasteiger partial charge in [0.2, 0.25) is 0 Å². The van der Waals surface area contributed by atoms with E-state index in [9.17, 15) is 9.59 Å². The Morgan fingerprint density at radius 1 is 1.38 bits per heavy atom. The van der Waals surface area contributed by atoms with Crippen LogP contribution in [-0.2, 0) is 16.0 Å². The van der Waals surface area contributed by atoms with Crippen molar-refractivity contribution in [3.8, 4) is 0 Å². The summed E-state index contributed by atoms with van der Waals surface area (Å²) >= 11 is 0. The number of aliphatic carboxylic acids is 1. The van der Waals surface area contributed by atoms with Crippen molar-refractivity contribution in [3.63, 3.8) is 0 Å². The molecule has 2 rings (SSSR count). The molecule has 0 spiro atoms. The second kappa shape index (κ2) is 7.08. The standard InChI is InChI=1S/C15H20N2O4/c1-10(12-6-7-21-9-12)16-15(20)17-13-4-2-11(3-5-13)8-14(18)19/h2-5,10,12H,6-9H2,1H3,(H,18,19)(H2,16,17,20). The molecule has 0 saturated carbocycles. The first-order valence-electron chi connectivity index (χ1n) is 7.00. The van der Waals surface area contributed by atoms with E-state index >= 15 is 0 Å². The quantitative estimate of drug-likeness (QED) is 0.773. The summed E-state index contributed by atoms with van der Waals surface area (Å²) in [6.07, 6.45) is 0.941. The van der Waals surface area contributed by atoms with Crippen molar-refractivity contribution >= 4 is 17.7 Å². The number of ether oxygens (including phenoxy) is 1. The number of carboxylic acid groups (broad SMARTS) is 1. The molecule has 114 valence electrons. The van der Waals surface area contributed by atoms with Crippen LogP contribution < -0.4 is 10.6 Å². The normalized spacial score (nSPS) is 19.0. The minimum absolute atomic E-state index is 0.0226. The van der Waals surface area contributed by atoms with Gasteiger partial charge in [-0.15, -0.1) is 0 Å². The van der Waals surface area contributed by atoms with E-state index < -0.39 is 5.97 Å². The second-order valence-electron chi connectivity index (χ2n) is 5.28. The Bertz CT molecular complexity index is 495. The van der Waals surface area contributed by atoms with Gasteiger partial charge in [-0.3, -0.25) is 4.79 Å². The summed E-state index contributed by atoms with van der Waals surface area (Å²) in [7, 11) is 0. The summed E-state index contributed by atoms with van der Waals surface area (Å²) in [5.74, 6) is -0.519. The third-order valence-corrected chi connectivity index (χ3v) is 3.60. The van der Waals surface area contributed by atoms with Gasteiger partial charge >= 0.3 is 12.0 Å². The van der Waals surface area contributed by atoms with Crippen molar-refractivity contribution < 1.29 is 19.4 Å². The Morgan fingerprint density at radius 2 is 2.10 bits per heavy atom. The Kier molecular flexibility index (Phi) is 5.16. The zero-order valence-electron chi connectivity index (χ0n) is 12.0. The van der Waals surface area contributed by atoms with Gasteiger partial charge in [0.1, 0.15) is 0 Å². The van der Waals surface area contributed by atoms with E-state index in [0.717, 1.165) is 13.0 Å². The lowest BCUT2D eigenvalue weighted by Crippen LogP contribution is -2.40. The topological polar surface area (TPSA) is 87.7 Å². The average molecular weight is 292 g/mol. The van der Waals surface area contributed by atoms with Crippen LogP contribution >= 0.6 is 0 Å². The Balaban J connectivity index is 1.83. The summed E-state index contributed by atoms with van der Waals surface area (Å²) in [4.78, 5) is 22.5. The zero-order valence-corrected chi connectivity index (χ0v) is 12.0. The number of hydrogen-bond acceptors (Lipinski definition) is 3. The number of hydrogen-bond donors (Lipinski definition) is 3. The number of rotatable bonds is 5. The van der Waals surface area contributed by atoms with Crippen molar-refractivity contribution in [1.29, 1.82) is 0 Å². The first kappa shape index (κ1) is 15.3. The lowest BCUT2D eigenvalue weighted by Gasteiger charge is -2.19. The minimum Gasteiger partial charge on any atom is -0.481 e. The fraction of sp³-hybridized carbons (Fsp3) is 0.467. The molecule has 6 heteroatoms. The van der Waals surface area contributed by atoms with Gasteiger partial charge in [-0.2, -0.15) is 0 Å². The molecule has 3 N–H and O–H groups in total. The predicted octanol–water partition coefficient (Wildman–Crippen LogP) is 1.86. The molecule has 2 atom stereocenters. The van der Waals surface area contributed by atoms with E-state index in [1.165, 1.54) is 0 Å². The number of carbonyl (C=O) groups excluding carboxylic acids is 1. The molecule has 1 fully saturated rings. The van der Waals surface area contributed by atoms with Crippen LogP contribution in [0.5, 0.6) is 0 Å². The van der Waals surface area contributed by atoms with E-state index in [1.54, 1.807) is 24.3 Å². The molecule has 2 amide bonds. The van der Waals surface area contributed by atoms with E-state index in [4.69, 9.17) is 9.84 Å². The minimum atomic E-state index is -0.874. The van der Waals surface area contributed by atoms with Crippen molar-refractivity contribution in [3.05, 3.63) is 29.8 Å².